The first-order chi connectivity index (χ1) is 7.85. The van der Waals surface area contributed by atoms with Gasteiger partial charge in [0.25, 0.3) is 0 Å². The number of nitrogens with one attached hydrogen (secondary N) is 1. The van der Waals surface area contributed by atoms with Crippen molar-refractivity contribution in [3.05, 3.63) is 16.1 Å². The Balaban J connectivity index is 2.08. The molecule has 16 heavy (non-hydrogen) atoms. The highest BCUT2D eigenvalue weighted by Crippen LogP contribution is 2.45. The van der Waals surface area contributed by atoms with Crippen LogP contribution in [0.3, 0.4) is 0 Å². The highest BCUT2D eigenvalue weighted by molar-refractivity contribution is 8.06. The molecule has 1 N–H and O–H groups in total. The zero-order valence-electron chi connectivity index (χ0n) is 9.73. The largest absolute Gasteiger partial charge is 0.315 e. The summed E-state index contributed by atoms with van der Waals surface area (Å²) >= 11 is 6.08. The molecule has 2 heterocycles. The van der Waals surface area contributed by atoms with Crippen LogP contribution in [0.1, 0.15) is 28.5 Å². The summed E-state index contributed by atoms with van der Waals surface area (Å²) in [5.41, 5.74) is 0. The lowest BCUT2D eigenvalue weighted by molar-refractivity contribution is 0.788. The van der Waals surface area contributed by atoms with Crippen molar-refractivity contribution in [3.63, 3.8) is 0 Å². The van der Waals surface area contributed by atoms with Gasteiger partial charge in [-0.05, 0) is 13.5 Å². The molecule has 0 radical (unpaired) electrons. The van der Waals surface area contributed by atoms with Crippen LogP contribution < -0.4 is 5.32 Å². The maximum Gasteiger partial charge on any atom is 0.107 e. The molecule has 1 aromatic rings. The Bertz CT molecular complexity index is 327. The van der Waals surface area contributed by atoms with E-state index in [9.17, 15) is 0 Å². The van der Waals surface area contributed by atoms with E-state index in [-0.39, 0.29) is 0 Å². The Kier molecular flexibility index (Phi) is 5.00. The molecule has 0 saturated carbocycles. The van der Waals surface area contributed by atoms with Crippen LogP contribution in [0.15, 0.2) is 6.20 Å². The van der Waals surface area contributed by atoms with Crippen LogP contribution in [0.2, 0.25) is 0 Å². The molecule has 2 nitrogen and oxygen atoms in total. The van der Waals surface area contributed by atoms with Crippen molar-refractivity contribution in [1.29, 1.82) is 0 Å². The summed E-state index contributed by atoms with van der Waals surface area (Å²) in [6.07, 6.45) is 3.28. The quantitative estimate of drug-likeness (QED) is 0.911. The first kappa shape index (κ1) is 12.7. The third-order valence-corrected chi connectivity index (χ3v) is 7.10. The molecule has 1 saturated heterocycles. The molecule has 0 aromatic carbocycles. The van der Waals surface area contributed by atoms with E-state index < -0.39 is 0 Å². The minimum atomic E-state index is 0.624. The van der Waals surface area contributed by atoms with E-state index >= 15 is 0 Å². The summed E-state index contributed by atoms with van der Waals surface area (Å²) < 4.78 is 0. The first-order valence-electron chi connectivity index (χ1n) is 5.67. The Morgan fingerprint density at radius 2 is 2.25 bits per heavy atom. The third-order valence-electron chi connectivity index (χ3n) is 2.62. The van der Waals surface area contributed by atoms with Crippen LogP contribution in [0.4, 0.5) is 0 Å². The molecule has 1 aliphatic rings. The van der Waals surface area contributed by atoms with Crippen molar-refractivity contribution >= 4 is 34.9 Å². The van der Waals surface area contributed by atoms with Crippen molar-refractivity contribution in [2.24, 2.45) is 0 Å². The summed E-state index contributed by atoms with van der Waals surface area (Å²) in [4.78, 5) is 5.95. The minimum Gasteiger partial charge on any atom is -0.315 e. The van der Waals surface area contributed by atoms with Gasteiger partial charge in [0.1, 0.15) is 5.01 Å². The number of thioether (sulfide) groups is 2. The molecule has 0 amide bonds. The molecule has 1 aliphatic heterocycles. The van der Waals surface area contributed by atoms with Gasteiger partial charge in [-0.2, -0.15) is 11.8 Å². The molecule has 2 atom stereocenters. The molecule has 0 bridgehead atoms. The fraction of sp³-hybridized carbons (Fsp3) is 0.727. The Morgan fingerprint density at radius 1 is 1.44 bits per heavy atom. The van der Waals surface area contributed by atoms with Gasteiger partial charge in [0.2, 0.25) is 0 Å². The minimum absolute atomic E-state index is 0.624. The van der Waals surface area contributed by atoms with Crippen molar-refractivity contribution in [2.75, 3.05) is 18.6 Å². The van der Waals surface area contributed by atoms with Crippen molar-refractivity contribution in [2.45, 2.75) is 30.4 Å². The van der Waals surface area contributed by atoms with E-state index in [2.05, 4.69) is 40.7 Å². The number of hydrogen-bond donors (Lipinski definition) is 1. The van der Waals surface area contributed by atoms with Gasteiger partial charge in [-0.1, -0.05) is 6.92 Å². The topological polar surface area (TPSA) is 24.9 Å². The number of nitrogens with zero attached hydrogens (tertiary/aromatic N) is 1. The molecular formula is C11H18N2S3. The second-order valence-corrected chi connectivity index (χ2v) is 7.55. The average molecular weight is 274 g/mol. The Hall–Kier alpha value is 0.290. The lowest BCUT2D eigenvalue weighted by atomic mass is 10.2. The van der Waals surface area contributed by atoms with Gasteiger partial charge in [-0.25, -0.2) is 4.98 Å². The zero-order valence-corrected chi connectivity index (χ0v) is 12.2. The van der Waals surface area contributed by atoms with Gasteiger partial charge >= 0.3 is 0 Å². The van der Waals surface area contributed by atoms with Crippen molar-refractivity contribution in [3.8, 4) is 0 Å². The van der Waals surface area contributed by atoms with Gasteiger partial charge in [-0.15, -0.1) is 23.1 Å². The molecular weight excluding hydrogens is 256 g/mol. The van der Waals surface area contributed by atoms with Crippen LogP contribution in [0.25, 0.3) is 0 Å². The summed E-state index contributed by atoms with van der Waals surface area (Å²) in [5.74, 6) is 2.57. The molecule has 1 aromatic heterocycles. The molecule has 90 valence electrons. The predicted molar refractivity (Wildman–Crippen MR) is 76.6 cm³/mol. The maximum atomic E-state index is 4.60. The fourth-order valence-electron chi connectivity index (χ4n) is 1.84. The lowest BCUT2D eigenvalue weighted by Gasteiger charge is -2.28. The SMILES string of the molecule is CCC1SCCSC1c1ncc(CNC)s1. The predicted octanol–water partition coefficient (Wildman–Crippen LogP) is 3.16. The van der Waals surface area contributed by atoms with Crippen LogP contribution in [0.5, 0.6) is 0 Å². The lowest BCUT2D eigenvalue weighted by Crippen LogP contribution is -2.17. The van der Waals surface area contributed by atoms with Crippen LogP contribution in [0, 0.1) is 0 Å². The first-order valence-corrected chi connectivity index (χ1v) is 8.59. The summed E-state index contributed by atoms with van der Waals surface area (Å²) in [6.45, 7) is 3.23. The van der Waals surface area contributed by atoms with Gasteiger partial charge < -0.3 is 5.32 Å². The standard InChI is InChI=1S/C11H18N2S3/c1-3-9-10(15-5-4-14-9)11-13-7-8(16-11)6-12-2/h7,9-10,12H,3-6H2,1-2H3. The van der Waals surface area contributed by atoms with E-state index in [1.54, 1.807) is 0 Å². The van der Waals surface area contributed by atoms with Gasteiger partial charge in [-0.3, -0.25) is 0 Å². The highest BCUT2D eigenvalue weighted by Gasteiger charge is 2.28. The van der Waals surface area contributed by atoms with Gasteiger partial charge in [0.15, 0.2) is 0 Å². The summed E-state index contributed by atoms with van der Waals surface area (Å²) in [5, 5.41) is 5.89. The second kappa shape index (κ2) is 6.28. The second-order valence-electron chi connectivity index (χ2n) is 3.80. The number of thiazole rings is 1. The molecule has 1 fully saturated rings. The summed E-state index contributed by atoms with van der Waals surface area (Å²) in [6, 6.07) is 0. The molecule has 0 spiro atoms. The number of hydrogen-bond acceptors (Lipinski definition) is 5. The maximum absolute atomic E-state index is 4.60. The van der Waals surface area contributed by atoms with Crippen LogP contribution in [-0.2, 0) is 6.54 Å². The normalized spacial score (nSPS) is 25.9. The number of aromatic nitrogens is 1. The monoisotopic (exact) mass is 274 g/mol. The van der Waals surface area contributed by atoms with E-state index in [1.807, 2.05) is 24.6 Å². The van der Waals surface area contributed by atoms with Crippen LogP contribution >= 0.6 is 34.9 Å². The van der Waals surface area contributed by atoms with Crippen molar-refractivity contribution < 1.29 is 0 Å². The Morgan fingerprint density at radius 3 is 3.00 bits per heavy atom. The third kappa shape index (κ3) is 2.94. The molecule has 2 unspecified atom stereocenters. The van der Waals surface area contributed by atoms with E-state index in [0.717, 1.165) is 11.8 Å². The van der Waals surface area contributed by atoms with Gasteiger partial charge in [0, 0.05) is 34.4 Å². The molecule has 5 heteroatoms. The van der Waals surface area contributed by atoms with Crippen molar-refractivity contribution in [1.82, 2.24) is 10.3 Å². The van der Waals surface area contributed by atoms with Crippen LogP contribution in [-0.4, -0.2) is 28.8 Å². The van der Waals surface area contributed by atoms with E-state index in [1.165, 1.54) is 27.8 Å². The smallest absolute Gasteiger partial charge is 0.107 e. The van der Waals surface area contributed by atoms with Gasteiger partial charge in [0.05, 0.1) is 5.25 Å². The zero-order chi connectivity index (χ0) is 11.4. The van der Waals surface area contributed by atoms with E-state index in [0.29, 0.717) is 5.25 Å². The number of rotatable bonds is 4. The molecule has 0 aliphatic carbocycles. The average Bonchev–Trinajstić information content (AvgIpc) is 2.78. The van der Waals surface area contributed by atoms with E-state index in [4.69, 9.17) is 0 Å². The summed E-state index contributed by atoms with van der Waals surface area (Å²) in [7, 11) is 1.99. The fourth-order valence-corrected chi connectivity index (χ4v) is 6.20. The highest BCUT2D eigenvalue weighted by atomic mass is 32.2. The molecule has 2 rings (SSSR count). The Labute approximate surface area is 110 Å².